The van der Waals surface area contributed by atoms with Crippen LogP contribution in [0.15, 0.2) is 42.7 Å². The second kappa shape index (κ2) is 7.32. The minimum Gasteiger partial charge on any atom is -0.326 e. The van der Waals surface area contributed by atoms with Gasteiger partial charge in [-0.15, -0.1) is 20.4 Å². The van der Waals surface area contributed by atoms with Crippen LogP contribution in [0.1, 0.15) is 19.8 Å². The van der Waals surface area contributed by atoms with Gasteiger partial charge in [0.25, 0.3) is 0 Å². The largest absolute Gasteiger partial charge is 0.326 e. The summed E-state index contributed by atoms with van der Waals surface area (Å²) < 4.78 is 0. The molecule has 0 radical (unpaired) electrons. The van der Waals surface area contributed by atoms with Crippen LogP contribution >= 0.6 is 0 Å². The van der Waals surface area contributed by atoms with Gasteiger partial charge in [-0.2, -0.15) is 0 Å². The van der Waals surface area contributed by atoms with Crippen molar-refractivity contribution >= 4 is 11.6 Å². The molecule has 120 valence electrons. The summed E-state index contributed by atoms with van der Waals surface area (Å²) in [4.78, 5) is 19.7. The van der Waals surface area contributed by atoms with Gasteiger partial charge in [0, 0.05) is 30.1 Å². The first-order chi connectivity index (χ1) is 11.8. The number of carbonyl (C=O) groups is 1. The van der Waals surface area contributed by atoms with E-state index in [2.05, 4.69) is 35.7 Å². The molecule has 8 heteroatoms. The molecule has 24 heavy (non-hydrogen) atoms. The van der Waals surface area contributed by atoms with Gasteiger partial charge >= 0.3 is 0 Å². The molecule has 3 rings (SSSR count). The Morgan fingerprint density at radius 2 is 1.54 bits per heavy atom. The number of nitrogens with zero attached hydrogens (tertiary/aromatic N) is 6. The minimum atomic E-state index is -0.00273. The predicted molar refractivity (Wildman–Crippen MR) is 87.6 cm³/mol. The Kier molecular flexibility index (Phi) is 4.76. The highest BCUT2D eigenvalue weighted by Crippen LogP contribution is 2.17. The molecule has 0 saturated carbocycles. The Bertz CT molecular complexity index is 804. The van der Waals surface area contributed by atoms with Crippen molar-refractivity contribution in [1.29, 1.82) is 0 Å². The van der Waals surface area contributed by atoms with Crippen LogP contribution < -0.4 is 5.32 Å². The lowest BCUT2D eigenvalue weighted by Gasteiger charge is -2.05. The molecule has 2 aromatic heterocycles. The topological polar surface area (TPSA) is 106 Å². The van der Waals surface area contributed by atoms with E-state index in [-0.39, 0.29) is 11.7 Å². The first kappa shape index (κ1) is 15.6. The van der Waals surface area contributed by atoms with Crippen molar-refractivity contribution in [3.8, 4) is 23.0 Å². The van der Waals surface area contributed by atoms with Gasteiger partial charge in [0.1, 0.15) is 0 Å². The monoisotopic (exact) mass is 321 g/mol. The molecule has 0 aliphatic carbocycles. The zero-order valence-electron chi connectivity index (χ0n) is 13.0. The predicted octanol–water partition coefficient (Wildman–Crippen LogP) is 2.13. The van der Waals surface area contributed by atoms with E-state index in [1.54, 1.807) is 42.7 Å². The fourth-order valence-electron chi connectivity index (χ4n) is 2.00. The Labute approximate surface area is 138 Å². The highest BCUT2D eigenvalue weighted by atomic mass is 16.1. The fraction of sp³-hybridized carbons (Fsp3) is 0.188. The van der Waals surface area contributed by atoms with E-state index >= 15 is 0 Å². The number of nitrogens with one attached hydrogen (secondary N) is 1. The lowest BCUT2D eigenvalue weighted by Crippen LogP contribution is -2.10. The number of amides is 1. The Balaban J connectivity index is 1.74. The van der Waals surface area contributed by atoms with Crippen molar-refractivity contribution in [1.82, 2.24) is 30.4 Å². The molecule has 0 atom stereocenters. The van der Waals surface area contributed by atoms with Crippen molar-refractivity contribution < 1.29 is 4.79 Å². The lowest BCUT2D eigenvalue weighted by molar-refractivity contribution is -0.116. The Hall–Kier alpha value is -3.29. The van der Waals surface area contributed by atoms with E-state index in [4.69, 9.17) is 0 Å². The summed E-state index contributed by atoms with van der Waals surface area (Å²) in [6.07, 6.45) is 4.52. The van der Waals surface area contributed by atoms with E-state index in [0.717, 1.165) is 17.7 Å². The molecule has 1 aromatic carbocycles. The van der Waals surface area contributed by atoms with Crippen LogP contribution in [0.3, 0.4) is 0 Å². The summed E-state index contributed by atoms with van der Waals surface area (Å²) in [5, 5.41) is 18.9. The highest BCUT2D eigenvalue weighted by Gasteiger charge is 2.08. The molecule has 2 heterocycles. The number of benzene rings is 1. The summed E-state index contributed by atoms with van der Waals surface area (Å²) in [7, 11) is 0. The summed E-state index contributed by atoms with van der Waals surface area (Å²) in [5.41, 5.74) is 1.48. The SMILES string of the molecule is CCCC(=O)Nc1ccc(-c2nnc(-c3ncccn3)nn2)cc1. The van der Waals surface area contributed by atoms with Crippen LogP contribution in [0.2, 0.25) is 0 Å². The molecule has 0 unspecified atom stereocenters. The molecule has 0 aliphatic heterocycles. The zero-order chi connectivity index (χ0) is 16.8. The number of carbonyl (C=O) groups excluding carboxylic acids is 1. The zero-order valence-corrected chi connectivity index (χ0v) is 13.0. The van der Waals surface area contributed by atoms with Crippen molar-refractivity contribution in [2.75, 3.05) is 5.32 Å². The number of anilines is 1. The summed E-state index contributed by atoms with van der Waals surface area (Å²) in [6, 6.07) is 8.90. The van der Waals surface area contributed by atoms with Crippen LogP contribution in [0, 0.1) is 0 Å². The molecule has 0 spiro atoms. The maximum atomic E-state index is 11.6. The Morgan fingerprint density at radius 1 is 0.917 bits per heavy atom. The third-order valence-corrected chi connectivity index (χ3v) is 3.15. The Morgan fingerprint density at radius 3 is 2.17 bits per heavy atom. The second-order valence-corrected chi connectivity index (χ2v) is 5.00. The molecule has 1 amide bonds. The molecule has 0 saturated heterocycles. The molecule has 8 nitrogen and oxygen atoms in total. The third-order valence-electron chi connectivity index (χ3n) is 3.15. The number of hydrogen-bond acceptors (Lipinski definition) is 7. The van der Waals surface area contributed by atoms with Crippen molar-refractivity contribution in [3.63, 3.8) is 0 Å². The van der Waals surface area contributed by atoms with Crippen LogP contribution in [-0.4, -0.2) is 36.3 Å². The van der Waals surface area contributed by atoms with E-state index < -0.39 is 0 Å². The van der Waals surface area contributed by atoms with Crippen LogP contribution in [0.25, 0.3) is 23.0 Å². The molecular weight excluding hydrogens is 306 g/mol. The van der Waals surface area contributed by atoms with Gasteiger partial charge in [-0.1, -0.05) is 6.92 Å². The van der Waals surface area contributed by atoms with Gasteiger partial charge in [0.05, 0.1) is 0 Å². The molecule has 0 bridgehead atoms. The summed E-state index contributed by atoms with van der Waals surface area (Å²) in [6.45, 7) is 1.96. The van der Waals surface area contributed by atoms with Gasteiger partial charge < -0.3 is 5.32 Å². The van der Waals surface area contributed by atoms with Crippen molar-refractivity contribution in [2.24, 2.45) is 0 Å². The summed E-state index contributed by atoms with van der Waals surface area (Å²) in [5.74, 6) is 1.03. The van der Waals surface area contributed by atoms with E-state index in [1.165, 1.54) is 0 Å². The van der Waals surface area contributed by atoms with Crippen LogP contribution in [0.4, 0.5) is 5.69 Å². The maximum absolute atomic E-state index is 11.6. The van der Waals surface area contributed by atoms with E-state index in [0.29, 0.717) is 18.1 Å². The molecular formula is C16H15N7O. The van der Waals surface area contributed by atoms with Gasteiger partial charge in [-0.25, -0.2) is 9.97 Å². The molecule has 0 aliphatic rings. The van der Waals surface area contributed by atoms with Gasteiger partial charge in [0.15, 0.2) is 0 Å². The molecule has 3 aromatic rings. The summed E-state index contributed by atoms with van der Waals surface area (Å²) >= 11 is 0. The quantitative estimate of drug-likeness (QED) is 0.767. The van der Waals surface area contributed by atoms with Gasteiger partial charge in [-0.05, 0) is 36.8 Å². The average molecular weight is 321 g/mol. The first-order valence-corrected chi connectivity index (χ1v) is 7.51. The highest BCUT2D eigenvalue weighted by molar-refractivity contribution is 5.90. The lowest BCUT2D eigenvalue weighted by atomic mass is 10.2. The van der Waals surface area contributed by atoms with Crippen LogP contribution in [0.5, 0.6) is 0 Å². The maximum Gasteiger partial charge on any atom is 0.240 e. The average Bonchev–Trinajstić information content (AvgIpc) is 2.63. The van der Waals surface area contributed by atoms with Crippen molar-refractivity contribution in [3.05, 3.63) is 42.7 Å². The first-order valence-electron chi connectivity index (χ1n) is 7.51. The van der Waals surface area contributed by atoms with Gasteiger partial charge in [0.2, 0.25) is 23.4 Å². The number of aromatic nitrogens is 6. The normalized spacial score (nSPS) is 10.4. The van der Waals surface area contributed by atoms with E-state index in [9.17, 15) is 4.79 Å². The van der Waals surface area contributed by atoms with E-state index in [1.807, 2.05) is 6.92 Å². The number of rotatable bonds is 5. The third kappa shape index (κ3) is 3.72. The van der Waals surface area contributed by atoms with Gasteiger partial charge in [-0.3, -0.25) is 4.79 Å². The standard InChI is InChI=1S/C16H15N7O/c1-2-4-13(24)19-12-7-5-11(6-8-12)14-20-22-16(23-21-14)15-17-9-3-10-18-15/h3,5-10H,2,4H2,1H3,(H,19,24). The fourth-order valence-corrected chi connectivity index (χ4v) is 2.00. The number of hydrogen-bond donors (Lipinski definition) is 1. The molecule has 1 N–H and O–H groups in total. The van der Waals surface area contributed by atoms with Crippen LogP contribution in [-0.2, 0) is 4.79 Å². The second-order valence-electron chi connectivity index (χ2n) is 5.00. The van der Waals surface area contributed by atoms with Crippen molar-refractivity contribution in [2.45, 2.75) is 19.8 Å². The molecule has 0 fully saturated rings. The minimum absolute atomic E-state index is 0.00273. The smallest absolute Gasteiger partial charge is 0.240 e.